The number of ether oxygens (including phenoxy) is 1. The smallest absolute Gasteiger partial charge is 0.111 e. The third kappa shape index (κ3) is 4.69. The third-order valence-corrected chi connectivity index (χ3v) is 4.86. The van der Waals surface area contributed by atoms with Crippen molar-refractivity contribution >= 4 is 15.2 Å². The van der Waals surface area contributed by atoms with E-state index in [1.165, 1.54) is 12.1 Å². The highest BCUT2D eigenvalue weighted by Gasteiger charge is 2.17. The molecule has 1 aromatic carbocycles. The molecule has 1 rings (SSSR count). The molecule has 0 N–H and O–H groups in total. The monoisotopic (exact) mass is 278 g/mol. The molecule has 0 radical (unpaired) electrons. The predicted octanol–water partition coefficient (Wildman–Crippen LogP) is -1.69. The minimum atomic E-state index is -5.64. The number of rotatable bonds is 5. The van der Waals surface area contributed by atoms with Crippen LogP contribution >= 0.6 is 15.2 Å². The Kier molecular flexibility index (Phi) is 4.63. The van der Waals surface area contributed by atoms with Crippen molar-refractivity contribution in [1.82, 2.24) is 0 Å². The van der Waals surface area contributed by atoms with Crippen molar-refractivity contribution in [2.45, 2.75) is 12.2 Å². The van der Waals surface area contributed by atoms with Crippen molar-refractivity contribution in [3.63, 3.8) is 0 Å². The summed E-state index contributed by atoms with van der Waals surface area (Å²) in [6, 6.07) is 7.95. The van der Waals surface area contributed by atoms with Gasteiger partial charge in [-0.3, -0.25) is 0 Å². The highest BCUT2D eigenvalue weighted by Crippen LogP contribution is 2.50. The number of hydrogen-bond acceptors (Lipinski definition) is 7. The number of hydrogen-bond donors (Lipinski definition) is 0. The minimum Gasteiger partial charge on any atom is -0.809 e. The van der Waals surface area contributed by atoms with Gasteiger partial charge in [-0.05, 0) is 20.8 Å². The summed E-state index contributed by atoms with van der Waals surface area (Å²) >= 11 is 0. The van der Waals surface area contributed by atoms with Crippen LogP contribution in [0.3, 0.4) is 0 Å². The van der Waals surface area contributed by atoms with Gasteiger partial charge in [0, 0.05) is 0 Å². The summed E-state index contributed by atoms with van der Waals surface area (Å²) in [5, 5.41) is 0. The summed E-state index contributed by atoms with van der Waals surface area (Å²) in [5.41, 5.74) is -2.42. The molecule has 17 heavy (non-hydrogen) atoms. The Hall–Kier alpha value is -0.520. The van der Waals surface area contributed by atoms with Crippen molar-refractivity contribution in [3.8, 4) is 0 Å². The maximum atomic E-state index is 10.6. The van der Waals surface area contributed by atoms with Crippen molar-refractivity contribution in [3.05, 3.63) is 35.9 Å². The van der Waals surface area contributed by atoms with Crippen LogP contribution in [0.1, 0.15) is 5.56 Å². The summed E-state index contributed by atoms with van der Waals surface area (Å²) < 4.78 is 25.5. The Morgan fingerprint density at radius 3 is 1.88 bits per heavy atom. The standard InChI is InChI=1S/C8H12O7P2/c9-16(10,11)8(17(12,13)14)15-6-7-4-2-1-3-5-7/h1-5,8H,6H2,(H2,9,10,11)(H2,12,13,14)/p-4. The topological polar surface area (TPSA) is 136 Å². The van der Waals surface area contributed by atoms with Gasteiger partial charge in [-0.25, -0.2) is 0 Å². The maximum absolute atomic E-state index is 10.6. The van der Waals surface area contributed by atoms with E-state index in [-0.39, 0.29) is 0 Å². The van der Waals surface area contributed by atoms with Crippen LogP contribution in [-0.4, -0.2) is 5.59 Å². The second-order valence-electron chi connectivity index (χ2n) is 3.20. The molecule has 0 saturated heterocycles. The molecule has 0 aliphatic carbocycles. The molecular formula is C8H8O7P2-4. The molecule has 0 aromatic heterocycles. The zero-order valence-electron chi connectivity index (χ0n) is 8.42. The second-order valence-corrected chi connectivity index (χ2v) is 6.71. The first-order valence-electron chi connectivity index (χ1n) is 4.40. The molecule has 0 fully saturated rings. The van der Waals surface area contributed by atoms with Crippen LogP contribution in [0.15, 0.2) is 30.3 Å². The Labute approximate surface area is 97.4 Å². The van der Waals surface area contributed by atoms with Gasteiger partial charge in [0.25, 0.3) is 0 Å². The highest BCUT2D eigenvalue weighted by molar-refractivity contribution is 7.67. The fraction of sp³-hybridized carbons (Fsp3) is 0.250. The molecule has 0 atom stereocenters. The van der Waals surface area contributed by atoms with Crippen LogP contribution in [0, 0.1) is 0 Å². The lowest BCUT2D eigenvalue weighted by molar-refractivity contribution is -0.340. The fourth-order valence-corrected chi connectivity index (χ4v) is 3.00. The van der Waals surface area contributed by atoms with Gasteiger partial charge in [-0.2, -0.15) is 0 Å². The van der Waals surface area contributed by atoms with Crippen molar-refractivity contribution in [1.29, 1.82) is 0 Å². The predicted molar refractivity (Wildman–Crippen MR) is 50.2 cm³/mol. The van der Waals surface area contributed by atoms with E-state index in [1.807, 2.05) is 0 Å². The van der Waals surface area contributed by atoms with Gasteiger partial charge in [0.2, 0.25) is 0 Å². The molecule has 0 heterocycles. The largest absolute Gasteiger partial charge is 0.809 e. The molecule has 9 heteroatoms. The summed E-state index contributed by atoms with van der Waals surface area (Å²) in [4.78, 5) is 42.3. The quantitative estimate of drug-likeness (QED) is 0.586. The molecule has 0 saturated carbocycles. The van der Waals surface area contributed by atoms with E-state index in [0.29, 0.717) is 5.56 Å². The van der Waals surface area contributed by atoms with Crippen LogP contribution in [-0.2, 0) is 20.5 Å². The summed E-state index contributed by atoms with van der Waals surface area (Å²) in [6.07, 6.45) is 0. The Morgan fingerprint density at radius 1 is 1.00 bits per heavy atom. The second kappa shape index (κ2) is 5.42. The molecular weight excluding hydrogens is 270 g/mol. The molecule has 1 aromatic rings. The Balaban J connectivity index is 2.77. The maximum Gasteiger partial charge on any atom is 0.111 e. The summed E-state index contributed by atoms with van der Waals surface area (Å²) in [6.45, 7) is -0.450. The third-order valence-electron chi connectivity index (χ3n) is 1.78. The van der Waals surface area contributed by atoms with E-state index < -0.39 is 27.4 Å². The van der Waals surface area contributed by atoms with Gasteiger partial charge >= 0.3 is 0 Å². The van der Waals surface area contributed by atoms with Crippen LogP contribution in [0.2, 0.25) is 0 Å². The van der Waals surface area contributed by atoms with E-state index in [4.69, 9.17) is 0 Å². The zero-order chi connectivity index (χ0) is 13.1. The molecule has 0 aliphatic heterocycles. The Bertz CT molecular complexity index is 426. The molecule has 96 valence electrons. The zero-order valence-corrected chi connectivity index (χ0v) is 10.2. The van der Waals surface area contributed by atoms with Gasteiger partial charge < -0.3 is 33.4 Å². The van der Waals surface area contributed by atoms with E-state index in [9.17, 15) is 28.7 Å². The molecule has 0 unspecified atom stereocenters. The highest BCUT2D eigenvalue weighted by atomic mass is 31.2. The Morgan fingerprint density at radius 2 is 1.47 bits per heavy atom. The molecule has 0 spiro atoms. The van der Waals surface area contributed by atoms with Gasteiger partial charge in [0.05, 0.1) is 6.61 Å². The summed E-state index contributed by atoms with van der Waals surface area (Å²) in [7, 11) is -11.3. The van der Waals surface area contributed by atoms with Gasteiger partial charge in [0.15, 0.2) is 0 Å². The lowest BCUT2D eigenvalue weighted by Gasteiger charge is -2.48. The lowest BCUT2D eigenvalue weighted by Crippen LogP contribution is -2.35. The van der Waals surface area contributed by atoms with Crippen LogP contribution in [0.25, 0.3) is 0 Å². The molecule has 0 amide bonds. The lowest BCUT2D eigenvalue weighted by atomic mass is 10.2. The first kappa shape index (κ1) is 14.5. The average molecular weight is 278 g/mol. The van der Waals surface area contributed by atoms with Crippen LogP contribution in [0.5, 0.6) is 0 Å². The van der Waals surface area contributed by atoms with Gasteiger partial charge in [-0.1, -0.05) is 30.3 Å². The number of benzene rings is 1. The first-order valence-corrected chi connectivity index (χ1v) is 7.62. The van der Waals surface area contributed by atoms with Crippen molar-refractivity contribution < 1.29 is 33.4 Å². The van der Waals surface area contributed by atoms with Gasteiger partial charge in [-0.15, -0.1) is 0 Å². The minimum absolute atomic E-state index is 0.444. The van der Waals surface area contributed by atoms with Crippen molar-refractivity contribution in [2.75, 3.05) is 0 Å². The van der Waals surface area contributed by atoms with E-state index in [2.05, 4.69) is 4.74 Å². The molecule has 0 bridgehead atoms. The fourth-order valence-electron chi connectivity index (χ4n) is 1.10. The van der Waals surface area contributed by atoms with Crippen molar-refractivity contribution in [2.24, 2.45) is 0 Å². The molecule has 7 nitrogen and oxygen atoms in total. The summed E-state index contributed by atoms with van der Waals surface area (Å²) in [5.74, 6) is 0. The first-order chi connectivity index (χ1) is 7.71. The van der Waals surface area contributed by atoms with E-state index >= 15 is 0 Å². The van der Waals surface area contributed by atoms with Crippen LogP contribution < -0.4 is 19.6 Å². The van der Waals surface area contributed by atoms with Gasteiger partial charge in [0.1, 0.15) is 5.59 Å². The molecule has 0 aliphatic rings. The average Bonchev–Trinajstić information content (AvgIpc) is 2.15. The van der Waals surface area contributed by atoms with Crippen LogP contribution in [0.4, 0.5) is 0 Å². The normalized spacial score (nSPS) is 13.0. The van der Waals surface area contributed by atoms with E-state index in [0.717, 1.165) is 0 Å². The van der Waals surface area contributed by atoms with E-state index in [1.54, 1.807) is 18.2 Å². The SMILES string of the molecule is O=P([O-])([O-])C(OCc1ccccc1)P(=O)([O-])[O-].